The van der Waals surface area contributed by atoms with Crippen LogP contribution in [0.3, 0.4) is 0 Å². The lowest BCUT2D eigenvalue weighted by atomic mass is 9.90. The zero-order valence-corrected chi connectivity index (χ0v) is 22.5. The normalized spacial score (nSPS) is 20.1. The van der Waals surface area contributed by atoms with E-state index in [1.807, 2.05) is 58.4 Å². The fraction of sp³-hybridized carbons (Fsp3) is 0.400. The smallest absolute Gasteiger partial charge is 0.248 e. The first-order valence-corrected chi connectivity index (χ1v) is 13.9. The highest BCUT2D eigenvalue weighted by Gasteiger charge is 2.34. The first-order chi connectivity index (χ1) is 18.0. The molecule has 1 aromatic heterocycles. The van der Waals surface area contributed by atoms with Gasteiger partial charge in [-0.3, -0.25) is 14.5 Å². The first-order valence-electron chi connectivity index (χ1n) is 13.1. The molecular weight excluding hydrogens is 482 g/mol. The van der Waals surface area contributed by atoms with Crippen LogP contribution in [-0.2, 0) is 27.4 Å². The number of aryl methyl sites for hydroxylation is 1. The molecule has 2 aliphatic rings. The molecule has 0 aliphatic carbocycles. The maximum Gasteiger partial charge on any atom is 0.248 e. The third kappa shape index (κ3) is 5.79. The molecule has 1 saturated heterocycles. The number of ether oxygens (including phenoxy) is 1. The van der Waals surface area contributed by atoms with E-state index in [1.54, 1.807) is 0 Å². The maximum atomic E-state index is 13.5. The third-order valence-electron chi connectivity index (χ3n) is 7.52. The summed E-state index contributed by atoms with van der Waals surface area (Å²) in [6, 6.07) is 20.6. The Labute approximate surface area is 223 Å². The van der Waals surface area contributed by atoms with Crippen molar-refractivity contribution in [3.8, 4) is 0 Å². The minimum Gasteiger partial charge on any atom is -0.367 e. The highest BCUT2D eigenvalue weighted by Crippen LogP contribution is 2.38. The third-order valence-corrected chi connectivity index (χ3v) is 8.52. The number of carbonyl (C=O) groups excluding carboxylic acids is 2. The Hall–Kier alpha value is -3.00. The predicted molar refractivity (Wildman–Crippen MR) is 146 cm³/mol. The molecule has 1 fully saturated rings. The molecular formula is C30H35N3O3S. The molecule has 2 atom stereocenters. The Bertz CT molecular complexity index is 1230. The lowest BCUT2D eigenvalue weighted by Crippen LogP contribution is -2.57. The zero-order valence-electron chi connectivity index (χ0n) is 21.6. The van der Waals surface area contributed by atoms with Gasteiger partial charge in [0.1, 0.15) is 6.61 Å². The van der Waals surface area contributed by atoms with Crippen LogP contribution in [0.5, 0.6) is 0 Å². The number of thiophene rings is 1. The summed E-state index contributed by atoms with van der Waals surface area (Å²) in [6.07, 6.45) is 0.977. The van der Waals surface area contributed by atoms with Crippen molar-refractivity contribution < 1.29 is 14.3 Å². The maximum absolute atomic E-state index is 13.5. The predicted octanol–water partition coefficient (Wildman–Crippen LogP) is 4.28. The number of amides is 2. The van der Waals surface area contributed by atoms with Gasteiger partial charge in [0.05, 0.1) is 19.2 Å². The van der Waals surface area contributed by atoms with Crippen LogP contribution < -0.4 is 0 Å². The number of rotatable bonds is 7. The van der Waals surface area contributed by atoms with Crippen molar-refractivity contribution in [3.63, 3.8) is 0 Å². The van der Waals surface area contributed by atoms with Gasteiger partial charge in [-0.2, -0.15) is 0 Å². The number of carbonyl (C=O) groups is 2. The van der Waals surface area contributed by atoms with Crippen molar-refractivity contribution in [3.05, 3.63) is 93.2 Å². The summed E-state index contributed by atoms with van der Waals surface area (Å²) in [5, 5.41) is 2.17. The van der Waals surface area contributed by atoms with Gasteiger partial charge in [0.25, 0.3) is 0 Å². The Balaban J connectivity index is 1.19. The summed E-state index contributed by atoms with van der Waals surface area (Å²) in [4.78, 5) is 33.8. The minimum absolute atomic E-state index is 0.0174. The van der Waals surface area contributed by atoms with Gasteiger partial charge in [0.15, 0.2) is 0 Å². The van der Waals surface area contributed by atoms with E-state index in [9.17, 15) is 9.59 Å². The van der Waals surface area contributed by atoms with Crippen LogP contribution in [0.4, 0.5) is 0 Å². The van der Waals surface area contributed by atoms with E-state index in [-0.39, 0.29) is 30.5 Å². The van der Waals surface area contributed by atoms with Gasteiger partial charge in [-0.1, -0.05) is 54.6 Å². The largest absolute Gasteiger partial charge is 0.367 e. The van der Waals surface area contributed by atoms with Gasteiger partial charge in [-0.05, 0) is 54.0 Å². The van der Waals surface area contributed by atoms with Crippen molar-refractivity contribution in [2.24, 2.45) is 0 Å². The number of hydrogen-bond acceptors (Lipinski definition) is 5. The molecule has 3 aromatic rings. The Morgan fingerprint density at radius 1 is 0.946 bits per heavy atom. The van der Waals surface area contributed by atoms with Crippen LogP contribution in [0.1, 0.15) is 40.1 Å². The molecule has 0 radical (unpaired) electrons. The van der Waals surface area contributed by atoms with E-state index >= 15 is 0 Å². The van der Waals surface area contributed by atoms with Crippen molar-refractivity contribution >= 4 is 23.2 Å². The van der Waals surface area contributed by atoms with Crippen LogP contribution in [0.2, 0.25) is 0 Å². The monoisotopic (exact) mass is 517 g/mol. The Morgan fingerprint density at radius 3 is 2.51 bits per heavy atom. The number of benzene rings is 2. The molecule has 194 valence electrons. The molecule has 0 bridgehead atoms. The van der Waals surface area contributed by atoms with Crippen LogP contribution >= 0.6 is 11.3 Å². The van der Waals surface area contributed by atoms with Crippen LogP contribution in [0, 0.1) is 6.92 Å². The average molecular weight is 518 g/mol. The van der Waals surface area contributed by atoms with E-state index in [0.717, 1.165) is 18.5 Å². The van der Waals surface area contributed by atoms with Crippen molar-refractivity contribution in [2.45, 2.75) is 39.0 Å². The summed E-state index contributed by atoms with van der Waals surface area (Å²) in [5.74, 6) is 0.118. The quantitative estimate of drug-likeness (QED) is 0.470. The fourth-order valence-electron chi connectivity index (χ4n) is 5.54. The van der Waals surface area contributed by atoms with Gasteiger partial charge in [0.2, 0.25) is 11.8 Å². The van der Waals surface area contributed by atoms with Crippen molar-refractivity contribution in [1.29, 1.82) is 0 Å². The number of fused-ring (bicyclic) bond motifs is 1. The van der Waals surface area contributed by atoms with Crippen LogP contribution in [-0.4, -0.2) is 71.9 Å². The average Bonchev–Trinajstić information content (AvgIpc) is 3.38. The Morgan fingerprint density at radius 2 is 1.73 bits per heavy atom. The summed E-state index contributed by atoms with van der Waals surface area (Å²) >= 11 is 1.82. The van der Waals surface area contributed by atoms with E-state index < -0.39 is 0 Å². The number of piperazine rings is 1. The first kappa shape index (κ1) is 25.6. The molecule has 2 amide bonds. The molecule has 3 heterocycles. The van der Waals surface area contributed by atoms with Gasteiger partial charge >= 0.3 is 0 Å². The molecule has 0 saturated carbocycles. The van der Waals surface area contributed by atoms with E-state index in [0.29, 0.717) is 32.8 Å². The summed E-state index contributed by atoms with van der Waals surface area (Å²) in [5.41, 5.74) is 4.90. The van der Waals surface area contributed by atoms with Gasteiger partial charge in [-0.25, -0.2) is 0 Å². The van der Waals surface area contributed by atoms with Crippen molar-refractivity contribution in [2.75, 3.05) is 39.3 Å². The van der Waals surface area contributed by atoms with Crippen LogP contribution in [0.15, 0.2) is 66.0 Å². The zero-order chi connectivity index (χ0) is 25.8. The minimum atomic E-state index is -0.0393. The summed E-state index contributed by atoms with van der Waals surface area (Å²) < 4.78 is 5.67. The second-order valence-electron chi connectivity index (χ2n) is 10.0. The molecule has 0 spiro atoms. The summed E-state index contributed by atoms with van der Waals surface area (Å²) in [7, 11) is 0. The summed E-state index contributed by atoms with van der Waals surface area (Å²) in [6.45, 7) is 7.54. The lowest BCUT2D eigenvalue weighted by Gasteiger charge is -2.42. The molecule has 6 nitrogen and oxygen atoms in total. The fourth-order valence-corrected chi connectivity index (χ4v) is 6.44. The van der Waals surface area contributed by atoms with Crippen molar-refractivity contribution in [1.82, 2.24) is 14.7 Å². The SMILES string of the molecule is Cc1ccccc1[C@H]1c2ccsc2CCN1CC(=O)N1CCN(C(=O)COCc2ccccc2)[C@H](C)C1. The van der Waals surface area contributed by atoms with Gasteiger partial charge in [-0.15, -0.1) is 11.3 Å². The second-order valence-corrected chi connectivity index (χ2v) is 11.0. The molecule has 0 N–H and O–H groups in total. The highest BCUT2D eigenvalue weighted by molar-refractivity contribution is 7.10. The van der Waals surface area contributed by atoms with E-state index in [2.05, 4.69) is 47.5 Å². The lowest BCUT2D eigenvalue weighted by molar-refractivity contribution is -0.146. The Kier molecular flexibility index (Phi) is 8.03. The molecule has 7 heteroatoms. The van der Waals surface area contributed by atoms with E-state index in [4.69, 9.17) is 4.74 Å². The molecule has 5 rings (SSSR count). The van der Waals surface area contributed by atoms with E-state index in [1.165, 1.54) is 21.6 Å². The van der Waals surface area contributed by atoms with Gasteiger partial charge < -0.3 is 14.5 Å². The topological polar surface area (TPSA) is 53.1 Å². The second kappa shape index (κ2) is 11.6. The highest BCUT2D eigenvalue weighted by atomic mass is 32.1. The standard InChI is InChI=1S/C30H35N3O3S/c1-22-8-6-7-11-25(22)30-26-13-17-37-27(26)12-14-32(30)19-28(34)31-15-16-33(23(2)18-31)29(35)21-36-20-24-9-4-3-5-10-24/h3-11,13,17,23,30H,12,14-16,18-21H2,1-2H3/t23-,30+/m1/s1. The molecule has 37 heavy (non-hydrogen) atoms. The molecule has 2 aliphatic heterocycles. The molecule has 0 unspecified atom stereocenters. The molecule has 2 aromatic carbocycles. The number of hydrogen-bond donors (Lipinski definition) is 0. The van der Waals surface area contributed by atoms with Gasteiger partial charge in [0, 0.05) is 37.1 Å². The number of nitrogens with zero attached hydrogens (tertiary/aromatic N) is 3. The van der Waals surface area contributed by atoms with Crippen LogP contribution in [0.25, 0.3) is 0 Å².